The number of aryl methyl sites for hydroxylation is 2. The molecule has 2 unspecified atom stereocenters. The summed E-state index contributed by atoms with van der Waals surface area (Å²) < 4.78 is 14.1. The zero-order chi connectivity index (χ0) is 14.3. The maximum atomic E-state index is 14.1. The van der Waals surface area contributed by atoms with Crippen LogP contribution >= 0.6 is 0 Å². The van der Waals surface area contributed by atoms with E-state index in [9.17, 15) is 4.39 Å². The van der Waals surface area contributed by atoms with Gasteiger partial charge in [-0.05, 0) is 38.1 Å². The van der Waals surface area contributed by atoms with Crippen molar-refractivity contribution in [3.05, 3.63) is 58.8 Å². The van der Waals surface area contributed by atoms with Gasteiger partial charge < -0.3 is 0 Å². The van der Waals surface area contributed by atoms with E-state index < -0.39 is 6.17 Å². The number of benzene rings is 1. The molecule has 20 heavy (non-hydrogen) atoms. The van der Waals surface area contributed by atoms with Crippen molar-refractivity contribution in [3.8, 4) is 11.3 Å². The van der Waals surface area contributed by atoms with Gasteiger partial charge in [0.1, 0.15) is 6.17 Å². The minimum atomic E-state index is -0.948. The standard InChI is InChI=1S/C18H18FN/c1-11-8-12(2)10-14(9-11)16-7-5-15-17(20-16)6-4-13(3)18(15)19/h4-10,13,18H,1-3H3. The molecule has 0 radical (unpaired) electrons. The normalized spacial score (nSPS) is 20.8. The highest BCUT2D eigenvalue weighted by Gasteiger charge is 2.23. The average molecular weight is 267 g/mol. The van der Waals surface area contributed by atoms with Crippen molar-refractivity contribution in [2.24, 2.45) is 5.92 Å². The summed E-state index contributed by atoms with van der Waals surface area (Å²) in [6.45, 7) is 6.05. The number of halogens is 1. The Morgan fingerprint density at radius 3 is 2.45 bits per heavy atom. The zero-order valence-corrected chi connectivity index (χ0v) is 12.0. The van der Waals surface area contributed by atoms with Gasteiger partial charge in [0.2, 0.25) is 0 Å². The summed E-state index contributed by atoms with van der Waals surface area (Å²) in [6, 6.07) is 10.2. The second-order valence-electron chi connectivity index (χ2n) is 5.67. The quantitative estimate of drug-likeness (QED) is 0.705. The minimum absolute atomic E-state index is 0.0728. The Labute approximate surface area is 119 Å². The van der Waals surface area contributed by atoms with Gasteiger partial charge in [0, 0.05) is 17.0 Å². The largest absolute Gasteiger partial charge is 0.248 e. The monoisotopic (exact) mass is 267 g/mol. The maximum Gasteiger partial charge on any atom is 0.133 e. The average Bonchev–Trinajstić information content (AvgIpc) is 2.41. The van der Waals surface area contributed by atoms with Crippen LogP contribution in [0.5, 0.6) is 0 Å². The number of allylic oxidation sites excluding steroid dienone is 1. The van der Waals surface area contributed by atoms with Crippen LogP contribution in [0.25, 0.3) is 17.3 Å². The zero-order valence-electron chi connectivity index (χ0n) is 12.0. The molecule has 0 bridgehead atoms. The predicted octanol–water partition coefficient (Wildman–Crippen LogP) is 5.04. The molecule has 102 valence electrons. The van der Waals surface area contributed by atoms with Crippen molar-refractivity contribution >= 4 is 6.08 Å². The third kappa shape index (κ3) is 2.26. The van der Waals surface area contributed by atoms with E-state index in [1.807, 2.05) is 31.2 Å². The van der Waals surface area contributed by atoms with Gasteiger partial charge >= 0.3 is 0 Å². The molecular formula is C18H18FN. The third-order valence-electron chi connectivity index (χ3n) is 3.79. The van der Waals surface area contributed by atoms with Crippen LogP contribution in [0.3, 0.4) is 0 Å². The van der Waals surface area contributed by atoms with E-state index in [1.54, 1.807) is 0 Å². The van der Waals surface area contributed by atoms with Crippen LogP contribution in [0.4, 0.5) is 4.39 Å². The number of rotatable bonds is 1. The number of hydrogen-bond acceptors (Lipinski definition) is 1. The number of hydrogen-bond donors (Lipinski definition) is 0. The molecule has 2 atom stereocenters. The first kappa shape index (κ1) is 13.0. The lowest BCUT2D eigenvalue weighted by molar-refractivity contribution is 0.279. The van der Waals surface area contributed by atoms with E-state index in [0.29, 0.717) is 5.56 Å². The Kier molecular flexibility index (Phi) is 3.17. The Morgan fingerprint density at radius 1 is 1.05 bits per heavy atom. The van der Waals surface area contributed by atoms with Crippen LogP contribution < -0.4 is 0 Å². The number of aromatic nitrogens is 1. The number of nitrogens with zero attached hydrogens (tertiary/aromatic N) is 1. The van der Waals surface area contributed by atoms with Crippen molar-refractivity contribution < 1.29 is 4.39 Å². The summed E-state index contributed by atoms with van der Waals surface area (Å²) in [7, 11) is 0. The van der Waals surface area contributed by atoms with E-state index in [4.69, 9.17) is 0 Å². The first-order valence-electron chi connectivity index (χ1n) is 6.96. The molecule has 1 aliphatic rings. The fourth-order valence-corrected chi connectivity index (χ4v) is 2.76. The number of pyridine rings is 1. The highest BCUT2D eigenvalue weighted by molar-refractivity contribution is 5.65. The van der Waals surface area contributed by atoms with Gasteiger partial charge in [-0.2, -0.15) is 0 Å². The molecule has 0 aliphatic heterocycles. The maximum absolute atomic E-state index is 14.1. The van der Waals surface area contributed by atoms with Crippen molar-refractivity contribution in [3.63, 3.8) is 0 Å². The summed E-state index contributed by atoms with van der Waals surface area (Å²) in [6.07, 6.45) is 2.88. The molecule has 0 N–H and O–H groups in total. The molecule has 1 heterocycles. The van der Waals surface area contributed by atoms with Gasteiger partial charge in [-0.3, -0.25) is 0 Å². The molecule has 0 spiro atoms. The fourth-order valence-electron chi connectivity index (χ4n) is 2.76. The van der Waals surface area contributed by atoms with Gasteiger partial charge in [0.15, 0.2) is 0 Å². The molecular weight excluding hydrogens is 249 g/mol. The fraction of sp³-hybridized carbons (Fsp3) is 0.278. The van der Waals surface area contributed by atoms with Crippen LogP contribution in [-0.2, 0) is 0 Å². The summed E-state index contributed by atoms with van der Waals surface area (Å²) in [5.41, 5.74) is 5.88. The Balaban J connectivity index is 2.08. The molecule has 1 aromatic carbocycles. The Bertz CT molecular complexity index is 668. The predicted molar refractivity (Wildman–Crippen MR) is 81.2 cm³/mol. The summed E-state index contributed by atoms with van der Waals surface area (Å²) in [4.78, 5) is 4.62. The lowest BCUT2D eigenvalue weighted by atomic mass is 9.91. The van der Waals surface area contributed by atoms with Crippen molar-refractivity contribution in [1.82, 2.24) is 4.98 Å². The molecule has 3 rings (SSSR count). The molecule has 1 nitrogen and oxygen atoms in total. The minimum Gasteiger partial charge on any atom is -0.248 e. The molecule has 0 saturated carbocycles. The molecule has 0 amide bonds. The molecule has 1 aromatic heterocycles. The first-order valence-corrected chi connectivity index (χ1v) is 6.96. The molecule has 0 saturated heterocycles. The van der Waals surface area contributed by atoms with E-state index in [0.717, 1.165) is 17.0 Å². The van der Waals surface area contributed by atoms with Gasteiger partial charge in [-0.25, -0.2) is 9.37 Å². The van der Waals surface area contributed by atoms with Crippen molar-refractivity contribution in [1.29, 1.82) is 0 Å². The second-order valence-corrected chi connectivity index (χ2v) is 5.67. The van der Waals surface area contributed by atoms with Crippen LogP contribution in [-0.4, -0.2) is 4.98 Å². The SMILES string of the molecule is Cc1cc(C)cc(-c2ccc3c(n2)C=CC(C)C3F)c1. The second kappa shape index (κ2) is 4.86. The van der Waals surface area contributed by atoms with Gasteiger partial charge in [0.25, 0.3) is 0 Å². The smallest absolute Gasteiger partial charge is 0.133 e. The third-order valence-corrected chi connectivity index (χ3v) is 3.79. The first-order chi connectivity index (χ1) is 9.54. The summed E-state index contributed by atoms with van der Waals surface area (Å²) in [5.74, 6) is -0.0728. The van der Waals surface area contributed by atoms with Crippen LogP contribution in [0.1, 0.15) is 35.5 Å². The molecule has 1 aliphatic carbocycles. The van der Waals surface area contributed by atoms with Crippen LogP contribution in [0.2, 0.25) is 0 Å². The van der Waals surface area contributed by atoms with Gasteiger partial charge in [-0.15, -0.1) is 0 Å². The van der Waals surface area contributed by atoms with Crippen LogP contribution in [0, 0.1) is 19.8 Å². The topological polar surface area (TPSA) is 12.9 Å². The Morgan fingerprint density at radius 2 is 1.75 bits per heavy atom. The number of alkyl halides is 1. The van der Waals surface area contributed by atoms with Gasteiger partial charge in [0.05, 0.1) is 11.4 Å². The molecule has 2 heteroatoms. The van der Waals surface area contributed by atoms with E-state index in [1.165, 1.54) is 11.1 Å². The van der Waals surface area contributed by atoms with Crippen LogP contribution in [0.15, 0.2) is 36.4 Å². The van der Waals surface area contributed by atoms with Crippen molar-refractivity contribution in [2.45, 2.75) is 26.9 Å². The molecule has 0 fully saturated rings. The lowest BCUT2D eigenvalue weighted by Crippen LogP contribution is -2.09. The highest BCUT2D eigenvalue weighted by Crippen LogP contribution is 2.35. The lowest BCUT2D eigenvalue weighted by Gasteiger charge is -2.20. The van der Waals surface area contributed by atoms with Gasteiger partial charge in [-0.1, -0.05) is 36.3 Å². The highest BCUT2D eigenvalue weighted by atomic mass is 19.1. The summed E-state index contributed by atoms with van der Waals surface area (Å²) in [5, 5.41) is 0. The number of fused-ring (bicyclic) bond motifs is 1. The summed E-state index contributed by atoms with van der Waals surface area (Å²) >= 11 is 0. The van der Waals surface area contributed by atoms with E-state index in [-0.39, 0.29) is 5.92 Å². The van der Waals surface area contributed by atoms with E-state index >= 15 is 0 Å². The van der Waals surface area contributed by atoms with Crippen molar-refractivity contribution in [2.75, 3.05) is 0 Å². The molecule has 2 aromatic rings. The Hall–Kier alpha value is -1.96. The van der Waals surface area contributed by atoms with E-state index in [2.05, 4.69) is 37.0 Å².